The standard InChI is InChI=1S/C26H35N5O5/c32-25(30-36-26-4-1-2-14-35-26)10-7-22-18-29-24(19-28-22)27-11-3-15-34-23-8-5-21(6-9-23)20-31-12-16-33-17-13-31/h5-10,18-19,26H,1-4,11-17,20H2,(H,27,29)(H,30,32). The van der Waals surface area contributed by atoms with Crippen molar-refractivity contribution in [3.8, 4) is 5.75 Å². The van der Waals surface area contributed by atoms with Crippen LogP contribution in [-0.4, -0.2) is 73.1 Å². The van der Waals surface area contributed by atoms with Crippen molar-refractivity contribution in [3.05, 3.63) is 54.0 Å². The van der Waals surface area contributed by atoms with Gasteiger partial charge in [0.05, 0.1) is 37.9 Å². The van der Waals surface area contributed by atoms with E-state index in [0.29, 0.717) is 31.3 Å². The first-order valence-corrected chi connectivity index (χ1v) is 12.6. The summed E-state index contributed by atoms with van der Waals surface area (Å²) in [7, 11) is 0. The van der Waals surface area contributed by atoms with E-state index in [4.69, 9.17) is 19.0 Å². The molecule has 2 saturated heterocycles. The molecule has 1 atom stereocenters. The van der Waals surface area contributed by atoms with Gasteiger partial charge in [0, 0.05) is 45.3 Å². The molecule has 4 rings (SSSR count). The van der Waals surface area contributed by atoms with E-state index in [-0.39, 0.29) is 12.2 Å². The summed E-state index contributed by atoms with van der Waals surface area (Å²) in [5.74, 6) is 1.17. The highest BCUT2D eigenvalue weighted by Gasteiger charge is 2.15. The maximum atomic E-state index is 11.9. The second-order valence-corrected chi connectivity index (χ2v) is 8.70. The molecule has 2 aliphatic rings. The molecule has 10 nitrogen and oxygen atoms in total. The van der Waals surface area contributed by atoms with Gasteiger partial charge >= 0.3 is 0 Å². The third kappa shape index (κ3) is 9.19. The van der Waals surface area contributed by atoms with Gasteiger partial charge in [-0.05, 0) is 43.0 Å². The molecule has 1 unspecified atom stereocenters. The number of nitrogens with zero attached hydrogens (tertiary/aromatic N) is 3. The number of hydrogen-bond donors (Lipinski definition) is 2. The van der Waals surface area contributed by atoms with E-state index in [2.05, 4.69) is 37.8 Å². The van der Waals surface area contributed by atoms with Crippen molar-refractivity contribution in [2.24, 2.45) is 0 Å². The van der Waals surface area contributed by atoms with Gasteiger partial charge in [0.1, 0.15) is 11.6 Å². The Morgan fingerprint density at radius 3 is 2.72 bits per heavy atom. The smallest absolute Gasteiger partial charge is 0.267 e. The van der Waals surface area contributed by atoms with Gasteiger partial charge in [-0.1, -0.05) is 12.1 Å². The van der Waals surface area contributed by atoms with Crippen molar-refractivity contribution in [3.63, 3.8) is 0 Å². The van der Waals surface area contributed by atoms with Crippen LogP contribution < -0.4 is 15.5 Å². The van der Waals surface area contributed by atoms with Crippen LogP contribution in [0.5, 0.6) is 5.75 Å². The first kappa shape index (κ1) is 26.0. The van der Waals surface area contributed by atoms with Crippen LogP contribution in [0.3, 0.4) is 0 Å². The number of carbonyl (C=O) groups is 1. The predicted octanol–water partition coefficient (Wildman–Crippen LogP) is 2.78. The molecule has 0 bridgehead atoms. The van der Waals surface area contributed by atoms with Crippen molar-refractivity contribution in [2.75, 3.05) is 51.4 Å². The highest BCUT2D eigenvalue weighted by molar-refractivity contribution is 5.90. The fraction of sp³-hybridized carbons (Fsp3) is 0.500. The number of nitrogens with one attached hydrogen (secondary N) is 2. The third-order valence-electron chi connectivity index (χ3n) is 5.84. The first-order chi connectivity index (χ1) is 17.7. The quantitative estimate of drug-likeness (QED) is 0.260. The maximum Gasteiger partial charge on any atom is 0.267 e. The number of rotatable bonds is 12. The van der Waals surface area contributed by atoms with Crippen molar-refractivity contribution >= 4 is 17.8 Å². The summed E-state index contributed by atoms with van der Waals surface area (Å²) in [5.41, 5.74) is 4.23. The second kappa shape index (κ2) is 14.5. The Labute approximate surface area is 211 Å². The van der Waals surface area contributed by atoms with Gasteiger partial charge in [0.25, 0.3) is 5.91 Å². The SMILES string of the molecule is O=C(C=Cc1cnc(NCCCOc2ccc(CN3CCOCC3)cc2)cn1)NOC1CCCCO1. The van der Waals surface area contributed by atoms with E-state index in [1.807, 2.05) is 12.1 Å². The number of carbonyl (C=O) groups excluding carboxylic acids is 1. The Kier molecular flexibility index (Phi) is 10.5. The third-order valence-corrected chi connectivity index (χ3v) is 5.84. The lowest BCUT2D eigenvalue weighted by Crippen LogP contribution is -2.35. The molecule has 10 heteroatoms. The average molecular weight is 498 g/mol. The summed E-state index contributed by atoms with van der Waals surface area (Å²) in [6.45, 7) is 6.51. The summed E-state index contributed by atoms with van der Waals surface area (Å²) in [5, 5.41) is 3.23. The Hall–Kier alpha value is -3.05. The van der Waals surface area contributed by atoms with Crippen LogP contribution in [0.4, 0.5) is 5.82 Å². The van der Waals surface area contributed by atoms with Gasteiger partial charge in [-0.15, -0.1) is 0 Å². The van der Waals surface area contributed by atoms with Gasteiger partial charge in [-0.2, -0.15) is 0 Å². The molecular weight excluding hydrogens is 462 g/mol. The normalized spacial score (nSPS) is 18.7. The molecule has 2 aromatic rings. The minimum atomic E-state index is -0.377. The highest BCUT2D eigenvalue weighted by atomic mass is 16.8. The van der Waals surface area contributed by atoms with Gasteiger partial charge in [-0.3, -0.25) is 14.7 Å². The van der Waals surface area contributed by atoms with E-state index in [1.54, 1.807) is 18.5 Å². The minimum Gasteiger partial charge on any atom is -0.494 e. The van der Waals surface area contributed by atoms with Gasteiger partial charge in [0.2, 0.25) is 0 Å². The van der Waals surface area contributed by atoms with E-state index in [9.17, 15) is 4.79 Å². The number of amides is 1. The maximum absolute atomic E-state index is 11.9. The molecule has 1 aromatic heterocycles. The van der Waals surface area contributed by atoms with Crippen LogP contribution >= 0.6 is 0 Å². The molecule has 2 fully saturated rings. The van der Waals surface area contributed by atoms with E-state index in [0.717, 1.165) is 64.3 Å². The van der Waals surface area contributed by atoms with E-state index in [1.165, 1.54) is 11.6 Å². The van der Waals surface area contributed by atoms with Gasteiger partial charge in [-0.25, -0.2) is 15.3 Å². The number of aromatic nitrogens is 2. The van der Waals surface area contributed by atoms with Crippen molar-refractivity contribution < 1.29 is 23.8 Å². The molecular formula is C26H35N5O5. The van der Waals surface area contributed by atoms with Crippen LogP contribution in [0.15, 0.2) is 42.7 Å². The highest BCUT2D eigenvalue weighted by Crippen LogP contribution is 2.15. The zero-order valence-electron chi connectivity index (χ0n) is 20.6. The lowest BCUT2D eigenvalue weighted by molar-refractivity contribution is -0.198. The molecule has 1 amide bonds. The van der Waals surface area contributed by atoms with Gasteiger partial charge in [0.15, 0.2) is 6.29 Å². The van der Waals surface area contributed by atoms with Crippen LogP contribution in [-0.2, 0) is 25.7 Å². The molecule has 2 aliphatic heterocycles. The summed E-state index contributed by atoms with van der Waals surface area (Å²) in [4.78, 5) is 28.1. The molecule has 0 aliphatic carbocycles. The first-order valence-electron chi connectivity index (χ1n) is 12.6. The van der Waals surface area contributed by atoms with Crippen LogP contribution in [0, 0.1) is 0 Å². The molecule has 194 valence electrons. The van der Waals surface area contributed by atoms with Crippen molar-refractivity contribution in [2.45, 2.75) is 38.5 Å². The summed E-state index contributed by atoms with van der Waals surface area (Å²) in [6.07, 6.45) is 9.45. The molecule has 0 saturated carbocycles. The van der Waals surface area contributed by atoms with E-state index < -0.39 is 0 Å². The lowest BCUT2D eigenvalue weighted by atomic mass is 10.2. The summed E-state index contributed by atoms with van der Waals surface area (Å²) in [6, 6.07) is 8.29. The Bertz CT molecular complexity index is 942. The largest absolute Gasteiger partial charge is 0.494 e. The predicted molar refractivity (Wildman–Crippen MR) is 135 cm³/mol. The molecule has 36 heavy (non-hydrogen) atoms. The van der Waals surface area contributed by atoms with E-state index >= 15 is 0 Å². The van der Waals surface area contributed by atoms with Crippen molar-refractivity contribution in [1.29, 1.82) is 0 Å². The number of anilines is 1. The van der Waals surface area contributed by atoms with Crippen LogP contribution in [0.2, 0.25) is 0 Å². The van der Waals surface area contributed by atoms with Crippen molar-refractivity contribution in [1.82, 2.24) is 20.3 Å². The Balaban J connectivity index is 1.08. The van der Waals surface area contributed by atoms with Crippen LogP contribution in [0.25, 0.3) is 6.08 Å². The minimum absolute atomic E-state index is 0.375. The van der Waals surface area contributed by atoms with Crippen LogP contribution in [0.1, 0.15) is 36.9 Å². The zero-order chi connectivity index (χ0) is 24.8. The molecule has 0 spiro atoms. The number of morpholine rings is 1. The number of hydrogen-bond acceptors (Lipinski definition) is 9. The second-order valence-electron chi connectivity index (χ2n) is 8.70. The zero-order valence-corrected chi connectivity index (χ0v) is 20.6. The average Bonchev–Trinajstić information content (AvgIpc) is 2.93. The summed E-state index contributed by atoms with van der Waals surface area (Å²) >= 11 is 0. The number of benzene rings is 1. The Morgan fingerprint density at radius 2 is 1.97 bits per heavy atom. The molecule has 2 N–H and O–H groups in total. The fourth-order valence-corrected chi connectivity index (χ4v) is 3.83. The molecule has 1 aromatic carbocycles. The monoisotopic (exact) mass is 497 g/mol. The number of ether oxygens (including phenoxy) is 3. The molecule has 0 radical (unpaired) electrons. The summed E-state index contributed by atoms with van der Waals surface area (Å²) < 4.78 is 16.6. The topological polar surface area (TPSA) is 107 Å². The Morgan fingerprint density at radius 1 is 1.11 bits per heavy atom. The fourth-order valence-electron chi connectivity index (χ4n) is 3.83. The number of hydroxylamine groups is 1. The molecule has 3 heterocycles. The van der Waals surface area contributed by atoms with Gasteiger partial charge < -0.3 is 19.5 Å². The lowest BCUT2D eigenvalue weighted by Gasteiger charge is -2.26.